The van der Waals surface area contributed by atoms with Gasteiger partial charge in [-0.05, 0) is 12.8 Å². The maximum atomic E-state index is 11.8. The molecule has 0 amide bonds. The van der Waals surface area contributed by atoms with E-state index in [1.54, 1.807) is 12.1 Å². The van der Waals surface area contributed by atoms with Crippen LogP contribution in [-0.4, -0.2) is 16.9 Å². The third-order valence-electron chi connectivity index (χ3n) is 3.04. The quantitative estimate of drug-likeness (QED) is 0.273. The van der Waals surface area contributed by atoms with Crippen LogP contribution in [0, 0.1) is 0 Å². The van der Waals surface area contributed by atoms with E-state index < -0.39 is 0 Å². The van der Waals surface area contributed by atoms with Crippen LogP contribution in [0.15, 0.2) is 30.3 Å². The molecule has 0 radical (unpaired) electrons. The Labute approximate surface area is 123 Å². The summed E-state index contributed by atoms with van der Waals surface area (Å²) in [4.78, 5) is 23.5. The largest absolute Gasteiger partial charge is 0.299 e. The highest BCUT2D eigenvalue weighted by atomic mass is 79.9. The lowest BCUT2D eigenvalue weighted by Gasteiger charge is -2.02. The zero-order valence-corrected chi connectivity index (χ0v) is 12.8. The number of hydrogen-bond donors (Lipinski definition) is 0. The van der Waals surface area contributed by atoms with Gasteiger partial charge in [-0.1, -0.05) is 65.5 Å². The topological polar surface area (TPSA) is 34.1 Å². The van der Waals surface area contributed by atoms with Crippen molar-refractivity contribution in [1.82, 2.24) is 0 Å². The molecule has 0 unspecified atom stereocenters. The predicted molar refractivity (Wildman–Crippen MR) is 81.9 cm³/mol. The van der Waals surface area contributed by atoms with E-state index in [1.807, 2.05) is 18.2 Å². The van der Waals surface area contributed by atoms with Gasteiger partial charge < -0.3 is 0 Å². The first-order valence-electron chi connectivity index (χ1n) is 6.90. The molecule has 0 aliphatic rings. The number of hydrogen-bond acceptors (Lipinski definition) is 2. The Hall–Kier alpha value is -0.960. The predicted octanol–water partition coefficient (Wildman–Crippen LogP) is 4.56. The van der Waals surface area contributed by atoms with Crippen LogP contribution in [0.4, 0.5) is 0 Å². The highest BCUT2D eigenvalue weighted by Crippen LogP contribution is 2.09. The van der Waals surface area contributed by atoms with E-state index in [9.17, 15) is 9.59 Å². The fourth-order valence-electron chi connectivity index (χ4n) is 1.94. The van der Waals surface area contributed by atoms with E-state index in [-0.39, 0.29) is 18.0 Å². The van der Waals surface area contributed by atoms with Gasteiger partial charge in [0.15, 0.2) is 5.78 Å². The minimum Gasteiger partial charge on any atom is -0.299 e. The second-order valence-corrected chi connectivity index (χ2v) is 5.50. The van der Waals surface area contributed by atoms with E-state index in [1.165, 1.54) is 19.3 Å². The van der Waals surface area contributed by atoms with E-state index in [0.29, 0.717) is 12.0 Å². The van der Waals surface area contributed by atoms with E-state index >= 15 is 0 Å². The molecule has 19 heavy (non-hydrogen) atoms. The minimum atomic E-state index is -0.0649. The van der Waals surface area contributed by atoms with Crippen LogP contribution in [0.5, 0.6) is 0 Å². The van der Waals surface area contributed by atoms with E-state index in [2.05, 4.69) is 15.9 Å². The summed E-state index contributed by atoms with van der Waals surface area (Å²) in [5.41, 5.74) is 0.633. The molecule has 104 valence electrons. The van der Waals surface area contributed by atoms with Crippen LogP contribution in [0.3, 0.4) is 0 Å². The molecule has 0 aromatic heterocycles. The molecular weight excluding hydrogens is 304 g/mol. The van der Waals surface area contributed by atoms with E-state index in [0.717, 1.165) is 18.2 Å². The summed E-state index contributed by atoms with van der Waals surface area (Å²) in [5.74, 6) is -0.000710. The monoisotopic (exact) mass is 324 g/mol. The molecule has 2 nitrogen and oxygen atoms in total. The van der Waals surface area contributed by atoms with Crippen molar-refractivity contribution in [3.05, 3.63) is 35.9 Å². The average Bonchev–Trinajstić information content (AvgIpc) is 2.43. The number of carbonyl (C=O) groups excluding carboxylic acids is 2. The van der Waals surface area contributed by atoms with Crippen molar-refractivity contribution in [2.75, 3.05) is 5.33 Å². The van der Waals surface area contributed by atoms with Gasteiger partial charge in [0.2, 0.25) is 0 Å². The normalized spacial score (nSPS) is 10.4. The molecule has 1 rings (SSSR count). The fourth-order valence-corrected chi connectivity index (χ4v) is 2.34. The first kappa shape index (κ1) is 16.1. The Bertz CT molecular complexity index is 387. The maximum Gasteiger partial charge on any atom is 0.170 e. The summed E-state index contributed by atoms with van der Waals surface area (Å²) in [6, 6.07) is 9.03. The van der Waals surface area contributed by atoms with Crippen LogP contribution < -0.4 is 0 Å². The standard InChI is InChI=1S/C16H21BrO2/c17-12-8-3-1-2-7-11-15(18)13-16(19)14-9-5-4-6-10-14/h4-6,9-10H,1-3,7-8,11-13H2. The van der Waals surface area contributed by atoms with Crippen LogP contribution in [-0.2, 0) is 4.79 Å². The lowest BCUT2D eigenvalue weighted by molar-refractivity contribution is -0.118. The molecule has 0 atom stereocenters. The fraction of sp³-hybridized carbons (Fsp3) is 0.500. The van der Waals surface area contributed by atoms with Crippen LogP contribution in [0.2, 0.25) is 0 Å². The van der Waals surface area contributed by atoms with Gasteiger partial charge in [-0.3, -0.25) is 9.59 Å². The number of Topliss-reactive ketones (excluding diaryl/α,β-unsaturated/α-hetero) is 2. The molecule has 0 spiro atoms. The Kier molecular flexibility index (Phi) is 8.39. The Morgan fingerprint density at radius 3 is 2.21 bits per heavy atom. The molecule has 0 aliphatic carbocycles. The second kappa shape index (κ2) is 9.90. The molecule has 0 saturated heterocycles. The number of halogens is 1. The summed E-state index contributed by atoms with van der Waals surface area (Å²) in [6.45, 7) is 0. The number of benzene rings is 1. The first-order valence-corrected chi connectivity index (χ1v) is 8.02. The summed E-state index contributed by atoms with van der Waals surface area (Å²) < 4.78 is 0. The van der Waals surface area contributed by atoms with Gasteiger partial charge in [0, 0.05) is 17.3 Å². The van der Waals surface area contributed by atoms with Gasteiger partial charge in [-0.15, -0.1) is 0 Å². The number of carbonyl (C=O) groups is 2. The smallest absolute Gasteiger partial charge is 0.170 e. The third kappa shape index (κ3) is 7.26. The molecule has 1 aromatic rings. The number of alkyl halides is 1. The number of rotatable bonds is 10. The molecule has 3 heteroatoms. The molecule has 0 heterocycles. The number of ketones is 2. The van der Waals surface area contributed by atoms with Gasteiger partial charge in [-0.25, -0.2) is 0 Å². The van der Waals surface area contributed by atoms with Gasteiger partial charge in [0.25, 0.3) is 0 Å². The van der Waals surface area contributed by atoms with Crippen molar-refractivity contribution in [3.8, 4) is 0 Å². The van der Waals surface area contributed by atoms with E-state index in [4.69, 9.17) is 0 Å². The SMILES string of the molecule is O=C(CCCCCCCBr)CC(=O)c1ccccc1. The first-order chi connectivity index (χ1) is 9.24. The molecule has 0 saturated carbocycles. The second-order valence-electron chi connectivity index (χ2n) is 4.71. The van der Waals surface area contributed by atoms with Crippen molar-refractivity contribution in [1.29, 1.82) is 0 Å². The van der Waals surface area contributed by atoms with Crippen LogP contribution in [0.1, 0.15) is 55.3 Å². The van der Waals surface area contributed by atoms with Gasteiger partial charge in [-0.2, -0.15) is 0 Å². The maximum absolute atomic E-state index is 11.8. The third-order valence-corrected chi connectivity index (χ3v) is 3.60. The van der Waals surface area contributed by atoms with Crippen molar-refractivity contribution in [2.45, 2.75) is 44.9 Å². The lowest BCUT2D eigenvalue weighted by atomic mass is 10.0. The van der Waals surface area contributed by atoms with Gasteiger partial charge >= 0.3 is 0 Å². The highest BCUT2D eigenvalue weighted by molar-refractivity contribution is 9.09. The number of unbranched alkanes of at least 4 members (excludes halogenated alkanes) is 4. The summed E-state index contributed by atoms with van der Waals surface area (Å²) in [7, 11) is 0. The average molecular weight is 325 g/mol. The van der Waals surface area contributed by atoms with Gasteiger partial charge in [0.05, 0.1) is 6.42 Å². The van der Waals surface area contributed by atoms with Crippen molar-refractivity contribution in [3.63, 3.8) is 0 Å². The zero-order chi connectivity index (χ0) is 13.9. The molecule has 1 aromatic carbocycles. The summed E-state index contributed by atoms with van der Waals surface area (Å²) in [6.07, 6.45) is 6.15. The Morgan fingerprint density at radius 2 is 1.53 bits per heavy atom. The van der Waals surface area contributed by atoms with Crippen LogP contribution >= 0.6 is 15.9 Å². The highest BCUT2D eigenvalue weighted by Gasteiger charge is 2.10. The summed E-state index contributed by atoms with van der Waals surface area (Å²) >= 11 is 3.40. The van der Waals surface area contributed by atoms with Crippen molar-refractivity contribution in [2.24, 2.45) is 0 Å². The molecule has 0 bridgehead atoms. The van der Waals surface area contributed by atoms with Crippen molar-refractivity contribution < 1.29 is 9.59 Å². The Balaban J connectivity index is 2.16. The lowest BCUT2D eigenvalue weighted by Crippen LogP contribution is -2.07. The van der Waals surface area contributed by atoms with Crippen molar-refractivity contribution >= 4 is 27.5 Å². The minimum absolute atomic E-state index is 0.0470. The zero-order valence-electron chi connectivity index (χ0n) is 11.2. The molecule has 0 fully saturated rings. The van der Waals surface area contributed by atoms with Crippen LogP contribution in [0.25, 0.3) is 0 Å². The molecular formula is C16H21BrO2. The van der Waals surface area contributed by atoms with Gasteiger partial charge in [0.1, 0.15) is 5.78 Å². The summed E-state index contributed by atoms with van der Waals surface area (Å²) in [5, 5.41) is 1.05. The Morgan fingerprint density at radius 1 is 0.895 bits per heavy atom. The molecule has 0 N–H and O–H groups in total. The molecule has 0 aliphatic heterocycles.